The van der Waals surface area contributed by atoms with E-state index in [9.17, 15) is 36.1 Å². The van der Waals surface area contributed by atoms with Crippen LogP contribution in [-0.2, 0) is 38.7 Å². The molecule has 0 aromatic heterocycles. The number of hydrogen-bond donors (Lipinski definition) is 0. The van der Waals surface area contributed by atoms with E-state index in [-0.39, 0.29) is 12.0 Å². The Morgan fingerprint density at radius 1 is 1.37 bits per heavy atom. The molecule has 1 saturated heterocycles. The van der Waals surface area contributed by atoms with E-state index >= 15 is 0 Å². The molecule has 0 amide bonds. The summed E-state index contributed by atoms with van der Waals surface area (Å²) in [5.74, 6) is -5.84. The fraction of sp³-hybridized carbons (Fsp3) is 0.667. The summed E-state index contributed by atoms with van der Waals surface area (Å²) in [5, 5.41) is -4.79. The Bertz CT molecular complexity index is 821. The maximum Gasteiger partial charge on any atom is 0.367 e. The van der Waals surface area contributed by atoms with E-state index in [1.807, 2.05) is 0 Å². The van der Waals surface area contributed by atoms with E-state index in [4.69, 9.17) is 9.47 Å². The zero-order valence-electron chi connectivity index (χ0n) is 13.9. The number of carbonyl (C=O) groups is 3. The molecule has 27 heavy (non-hydrogen) atoms. The van der Waals surface area contributed by atoms with E-state index in [1.165, 1.54) is 6.92 Å². The summed E-state index contributed by atoms with van der Waals surface area (Å²) in [7, 11) is -6.01. The van der Waals surface area contributed by atoms with Crippen molar-refractivity contribution in [3.05, 3.63) is 12.2 Å². The van der Waals surface area contributed by atoms with Gasteiger partial charge in [-0.2, -0.15) is 8.78 Å². The minimum atomic E-state index is -6.01. The predicted molar refractivity (Wildman–Crippen MR) is 78.8 cm³/mol. The fourth-order valence-electron chi connectivity index (χ4n) is 4.00. The van der Waals surface area contributed by atoms with Crippen LogP contribution >= 0.6 is 0 Å². The molecule has 0 N–H and O–H groups in total. The van der Waals surface area contributed by atoms with Crippen molar-refractivity contribution in [2.75, 3.05) is 6.61 Å². The molecule has 3 fully saturated rings. The number of rotatable bonds is 6. The molecule has 3 aliphatic rings. The molecule has 0 aromatic carbocycles. The highest BCUT2D eigenvalue weighted by Gasteiger charge is 2.70. The van der Waals surface area contributed by atoms with Crippen molar-refractivity contribution in [1.29, 1.82) is 0 Å². The van der Waals surface area contributed by atoms with Crippen molar-refractivity contribution < 1.29 is 50.3 Å². The minimum absolute atomic E-state index is 0.0695. The smallest absolute Gasteiger partial charge is 0.367 e. The van der Waals surface area contributed by atoms with Crippen LogP contribution in [0.2, 0.25) is 0 Å². The van der Waals surface area contributed by atoms with Gasteiger partial charge in [-0.15, -0.1) is 0 Å². The molecule has 1 aliphatic heterocycles. The number of hydrogen-bond acceptors (Lipinski definition) is 9. The van der Waals surface area contributed by atoms with Gasteiger partial charge < -0.3 is 18.8 Å². The molecule has 2 bridgehead atoms. The van der Waals surface area contributed by atoms with Crippen molar-refractivity contribution in [2.24, 2.45) is 23.7 Å². The molecule has 6 atom stereocenters. The van der Waals surface area contributed by atoms with Crippen LogP contribution in [0.25, 0.3) is 0 Å². The van der Waals surface area contributed by atoms with E-state index in [0.29, 0.717) is 0 Å². The Kier molecular flexibility index (Phi) is 4.54. The van der Waals surface area contributed by atoms with E-state index in [1.54, 1.807) is 0 Å². The zero-order chi connectivity index (χ0) is 20.3. The van der Waals surface area contributed by atoms with Crippen molar-refractivity contribution in [3.63, 3.8) is 0 Å². The van der Waals surface area contributed by atoms with E-state index < -0.39 is 75.8 Å². The molecule has 12 heteroatoms. The molecule has 2 saturated carbocycles. The van der Waals surface area contributed by atoms with E-state index in [0.717, 1.165) is 0 Å². The predicted octanol–water partition coefficient (Wildman–Crippen LogP) is -0.0370. The van der Waals surface area contributed by atoms with Crippen LogP contribution < -0.4 is 0 Å². The van der Waals surface area contributed by atoms with Crippen molar-refractivity contribution in [3.8, 4) is 0 Å². The average molecular weight is 409 g/mol. The van der Waals surface area contributed by atoms with Gasteiger partial charge >= 0.3 is 23.2 Å². The maximum atomic E-state index is 13.2. The molecule has 1 heterocycles. The second-order valence-electron chi connectivity index (χ2n) is 6.87. The normalized spacial score (nSPS) is 34.3. The number of carbonyl (C=O) groups excluding carboxylic acids is 3. The van der Waals surface area contributed by atoms with Crippen LogP contribution in [0.3, 0.4) is 0 Å². The van der Waals surface area contributed by atoms with Gasteiger partial charge in [-0.3, -0.25) is 9.59 Å². The largest absolute Gasteiger partial charge is 0.743 e. The SMILES string of the molecule is C=C(C)C(=O)OC1C2CC3C(OC(=O)C31)C2C(=O)OCC(F)(F)S(=O)(=O)[O-]. The van der Waals surface area contributed by atoms with Crippen LogP contribution in [-0.4, -0.2) is 54.9 Å². The van der Waals surface area contributed by atoms with Crippen molar-refractivity contribution in [1.82, 2.24) is 0 Å². The Morgan fingerprint density at radius 3 is 2.56 bits per heavy atom. The highest BCUT2D eigenvalue weighted by molar-refractivity contribution is 7.86. The van der Waals surface area contributed by atoms with Gasteiger partial charge in [0.05, 0.1) is 0 Å². The number of halogens is 2. The molecule has 6 unspecified atom stereocenters. The first kappa shape index (κ1) is 19.7. The number of esters is 3. The third-order valence-electron chi connectivity index (χ3n) is 5.16. The van der Waals surface area contributed by atoms with Gasteiger partial charge in [0.2, 0.25) is 0 Å². The fourth-order valence-corrected chi connectivity index (χ4v) is 4.21. The summed E-state index contributed by atoms with van der Waals surface area (Å²) in [4.78, 5) is 36.1. The lowest BCUT2D eigenvalue weighted by atomic mass is 9.80. The molecule has 0 aromatic rings. The molecular formula is C15H15F2O9S-. The third kappa shape index (κ3) is 3.10. The van der Waals surface area contributed by atoms with Crippen LogP contribution in [0.5, 0.6) is 0 Å². The molecular weight excluding hydrogens is 394 g/mol. The molecule has 9 nitrogen and oxygen atoms in total. The first-order chi connectivity index (χ1) is 12.3. The summed E-state index contributed by atoms with van der Waals surface area (Å²) < 4.78 is 72.6. The molecule has 0 radical (unpaired) electrons. The van der Waals surface area contributed by atoms with Crippen molar-refractivity contribution >= 4 is 28.0 Å². The first-order valence-electron chi connectivity index (χ1n) is 7.92. The monoisotopic (exact) mass is 409 g/mol. The minimum Gasteiger partial charge on any atom is -0.743 e. The van der Waals surface area contributed by atoms with Crippen LogP contribution in [0.4, 0.5) is 8.78 Å². The van der Waals surface area contributed by atoms with Gasteiger partial charge in [0.25, 0.3) is 0 Å². The van der Waals surface area contributed by atoms with Crippen LogP contribution in [0, 0.1) is 23.7 Å². The Labute approximate surface area is 152 Å². The second-order valence-corrected chi connectivity index (χ2v) is 8.37. The Morgan fingerprint density at radius 2 is 2.00 bits per heavy atom. The number of fused-ring (bicyclic) bond motifs is 1. The maximum absolute atomic E-state index is 13.2. The topological polar surface area (TPSA) is 136 Å². The van der Waals surface area contributed by atoms with Gasteiger partial charge in [0.1, 0.15) is 24.0 Å². The summed E-state index contributed by atoms with van der Waals surface area (Å²) in [5.41, 5.74) is 0.0695. The second kappa shape index (κ2) is 6.23. The third-order valence-corrected chi connectivity index (χ3v) is 6.00. The molecule has 0 spiro atoms. The number of alkyl halides is 2. The Hall–Kier alpha value is -2.08. The zero-order valence-corrected chi connectivity index (χ0v) is 14.7. The lowest BCUT2D eigenvalue weighted by molar-refractivity contribution is -0.166. The Balaban J connectivity index is 1.77. The van der Waals surface area contributed by atoms with Gasteiger partial charge in [0.15, 0.2) is 16.7 Å². The first-order valence-corrected chi connectivity index (χ1v) is 9.33. The number of ether oxygens (including phenoxy) is 3. The lowest BCUT2D eigenvalue weighted by Crippen LogP contribution is -2.44. The standard InChI is InChI=1S/C15H16F2O9S/c1-5(2)12(18)25-11-6-3-7-9(11)14(20)26-10(7)8(6)13(19)24-4-15(16,17)27(21,22)23/h6-11H,1,3-4H2,2H3,(H,21,22,23)/p-1. The molecule has 2 aliphatic carbocycles. The van der Waals surface area contributed by atoms with Gasteiger partial charge in [-0.25, -0.2) is 13.2 Å². The highest BCUT2D eigenvalue weighted by atomic mass is 32.2. The van der Waals surface area contributed by atoms with Gasteiger partial charge in [-0.05, 0) is 13.3 Å². The van der Waals surface area contributed by atoms with Gasteiger partial charge in [0, 0.05) is 17.4 Å². The molecule has 150 valence electrons. The quantitative estimate of drug-likeness (QED) is 0.256. The molecule has 3 rings (SSSR count). The summed E-state index contributed by atoms with van der Waals surface area (Å²) in [6.45, 7) is 2.86. The van der Waals surface area contributed by atoms with Crippen molar-refractivity contribution in [2.45, 2.75) is 30.8 Å². The summed E-state index contributed by atoms with van der Waals surface area (Å²) in [6, 6.07) is 0. The summed E-state index contributed by atoms with van der Waals surface area (Å²) in [6.07, 6.45) is -1.67. The van der Waals surface area contributed by atoms with Crippen LogP contribution in [0.15, 0.2) is 12.2 Å². The van der Waals surface area contributed by atoms with Gasteiger partial charge in [-0.1, -0.05) is 6.58 Å². The van der Waals surface area contributed by atoms with E-state index in [2.05, 4.69) is 11.3 Å². The average Bonchev–Trinajstić information content (AvgIpc) is 3.13. The summed E-state index contributed by atoms with van der Waals surface area (Å²) >= 11 is 0. The highest BCUT2D eigenvalue weighted by Crippen LogP contribution is 2.58. The van der Waals surface area contributed by atoms with Crippen LogP contribution in [0.1, 0.15) is 13.3 Å². The lowest BCUT2D eigenvalue weighted by Gasteiger charge is -2.30.